The molecular formula is C26H30O5. The van der Waals surface area contributed by atoms with Gasteiger partial charge < -0.3 is 14.2 Å². The molecule has 0 unspecified atom stereocenters. The van der Waals surface area contributed by atoms with E-state index >= 15 is 0 Å². The molecule has 164 valence electrons. The Bertz CT molecular complexity index is 945. The average Bonchev–Trinajstić information content (AvgIpc) is 3.33. The summed E-state index contributed by atoms with van der Waals surface area (Å²) in [6.45, 7) is 11.9. The van der Waals surface area contributed by atoms with E-state index in [4.69, 9.17) is 14.2 Å². The summed E-state index contributed by atoms with van der Waals surface area (Å²) in [5.41, 5.74) is 2.31. The zero-order valence-electron chi connectivity index (χ0n) is 18.3. The Balaban J connectivity index is 1.65. The number of carbonyl (C=O) groups excluding carboxylic acids is 2. The molecule has 2 fully saturated rings. The molecule has 3 aliphatic heterocycles. The quantitative estimate of drug-likeness (QED) is 0.284. The number of carbonyl (C=O) groups is 2. The Morgan fingerprint density at radius 1 is 1.13 bits per heavy atom. The standard InChI is InChI=1S/C26H30O5/c1-16(2)21-15-20-17(3)24(27)30-22(20)23-26(4,31-23)14-10-6-5-7-11-18-12-8-9-13-19(18)25(28)29-21/h5,7-9,12-13,20-23H,1,3,6,10-11,14-15H2,2,4H3/b7-5-/t20-,21-,22+,23-,26+/m0/s1. The van der Waals surface area contributed by atoms with Gasteiger partial charge in [-0.1, -0.05) is 43.5 Å². The SMILES string of the molecule is C=C(C)[C@@H]1C[C@H]2C(=C)C(=O)O[C@H]2[C@@H]2O[C@]2(C)CCC/C=C\Cc2ccccc2C(=O)O1. The smallest absolute Gasteiger partial charge is 0.339 e. The fourth-order valence-corrected chi connectivity index (χ4v) is 4.62. The van der Waals surface area contributed by atoms with Crippen molar-refractivity contribution >= 4 is 11.9 Å². The summed E-state index contributed by atoms with van der Waals surface area (Å²) in [5.74, 6) is -1.06. The van der Waals surface area contributed by atoms with Crippen LogP contribution in [0.15, 0.2) is 60.7 Å². The molecule has 0 saturated carbocycles. The third-order valence-corrected chi connectivity index (χ3v) is 6.64. The predicted octanol–water partition coefficient (Wildman–Crippen LogP) is 4.72. The maximum absolute atomic E-state index is 13.0. The molecule has 0 radical (unpaired) electrons. The van der Waals surface area contributed by atoms with Gasteiger partial charge in [-0.25, -0.2) is 9.59 Å². The van der Waals surface area contributed by atoms with Crippen molar-refractivity contribution in [2.75, 3.05) is 0 Å². The van der Waals surface area contributed by atoms with Crippen LogP contribution in [0.25, 0.3) is 0 Å². The van der Waals surface area contributed by atoms with Gasteiger partial charge in [-0.3, -0.25) is 0 Å². The third kappa shape index (κ3) is 4.38. The molecule has 3 heterocycles. The summed E-state index contributed by atoms with van der Waals surface area (Å²) in [6, 6.07) is 7.50. The van der Waals surface area contributed by atoms with E-state index < -0.39 is 18.2 Å². The molecule has 2 saturated heterocycles. The van der Waals surface area contributed by atoms with Crippen LogP contribution in [-0.2, 0) is 25.4 Å². The van der Waals surface area contributed by atoms with E-state index in [2.05, 4.69) is 32.2 Å². The lowest BCUT2D eigenvalue weighted by Crippen LogP contribution is -2.32. The first-order valence-electron chi connectivity index (χ1n) is 11.0. The number of benzene rings is 1. The maximum Gasteiger partial charge on any atom is 0.339 e. The van der Waals surface area contributed by atoms with Crippen molar-refractivity contribution in [3.8, 4) is 0 Å². The van der Waals surface area contributed by atoms with E-state index in [1.807, 2.05) is 25.1 Å². The lowest BCUT2D eigenvalue weighted by atomic mass is 9.84. The van der Waals surface area contributed by atoms with Gasteiger partial charge in [-0.2, -0.15) is 0 Å². The maximum atomic E-state index is 13.0. The average molecular weight is 423 g/mol. The molecular weight excluding hydrogens is 392 g/mol. The van der Waals surface area contributed by atoms with Gasteiger partial charge in [0, 0.05) is 11.5 Å². The van der Waals surface area contributed by atoms with Crippen LogP contribution in [0, 0.1) is 5.92 Å². The lowest BCUT2D eigenvalue weighted by Gasteiger charge is -2.24. The first kappa shape index (κ1) is 21.6. The van der Waals surface area contributed by atoms with E-state index in [0.29, 0.717) is 24.0 Å². The molecule has 0 aliphatic carbocycles. The van der Waals surface area contributed by atoms with Crippen LogP contribution in [0.3, 0.4) is 0 Å². The topological polar surface area (TPSA) is 65.1 Å². The van der Waals surface area contributed by atoms with Crippen molar-refractivity contribution in [1.82, 2.24) is 0 Å². The summed E-state index contributed by atoms with van der Waals surface area (Å²) < 4.78 is 17.6. The number of rotatable bonds is 1. The van der Waals surface area contributed by atoms with Crippen molar-refractivity contribution in [2.45, 2.75) is 69.9 Å². The number of ether oxygens (including phenoxy) is 3. The summed E-state index contributed by atoms with van der Waals surface area (Å²) in [4.78, 5) is 25.4. The van der Waals surface area contributed by atoms with Gasteiger partial charge >= 0.3 is 11.9 Å². The van der Waals surface area contributed by atoms with Crippen LogP contribution in [0.2, 0.25) is 0 Å². The highest BCUT2D eigenvalue weighted by atomic mass is 16.6. The number of epoxide rings is 1. The van der Waals surface area contributed by atoms with Crippen LogP contribution < -0.4 is 0 Å². The van der Waals surface area contributed by atoms with Gasteiger partial charge in [0.25, 0.3) is 0 Å². The van der Waals surface area contributed by atoms with E-state index in [0.717, 1.165) is 30.4 Å². The first-order chi connectivity index (χ1) is 14.8. The van der Waals surface area contributed by atoms with Gasteiger partial charge in [0.1, 0.15) is 18.3 Å². The van der Waals surface area contributed by atoms with Crippen molar-refractivity contribution < 1.29 is 23.8 Å². The van der Waals surface area contributed by atoms with Gasteiger partial charge in [0.15, 0.2) is 0 Å². The number of cyclic esters (lactones) is 1. The summed E-state index contributed by atoms with van der Waals surface area (Å²) in [5, 5.41) is 0. The second kappa shape index (κ2) is 8.46. The highest BCUT2D eigenvalue weighted by molar-refractivity contribution is 5.92. The molecule has 0 aromatic heterocycles. The molecule has 0 bridgehead atoms. The summed E-state index contributed by atoms with van der Waals surface area (Å²) in [6.07, 6.45) is 6.98. The minimum absolute atomic E-state index is 0.167. The molecule has 5 nitrogen and oxygen atoms in total. The van der Waals surface area contributed by atoms with Crippen molar-refractivity contribution in [2.24, 2.45) is 5.92 Å². The number of esters is 2. The first-order valence-corrected chi connectivity index (χ1v) is 11.0. The molecule has 5 atom stereocenters. The van der Waals surface area contributed by atoms with Crippen molar-refractivity contribution in [3.05, 3.63) is 71.8 Å². The molecule has 31 heavy (non-hydrogen) atoms. The van der Waals surface area contributed by atoms with Crippen molar-refractivity contribution in [3.63, 3.8) is 0 Å². The predicted molar refractivity (Wildman–Crippen MR) is 118 cm³/mol. The highest BCUT2D eigenvalue weighted by Crippen LogP contribution is 2.49. The van der Waals surface area contributed by atoms with Gasteiger partial charge in [-0.15, -0.1) is 0 Å². The largest absolute Gasteiger partial charge is 0.455 e. The monoisotopic (exact) mass is 422 g/mol. The Labute approximate surface area is 183 Å². The van der Waals surface area contributed by atoms with Crippen LogP contribution in [-0.4, -0.2) is 35.9 Å². The lowest BCUT2D eigenvalue weighted by molar-refractivity contribution is -0.140. The normalized spacial score (nSPS) is 34.6. The van der Waals surface area contributed by atoms with E-state index in [1.165, 1.54) is 0 Å². The van der Waals surface area contributed by atoms with Crippen LogP contribution >= 0.6 is 0 Å². The second-order valence-electron chi connectivity index (χ2n) is 9.05. The van der Waals surface area contributed by atoms with E-state index in [9.17, 15) is 9.59 Å². The number of allylic oxidation sites excluding steroid dienone is 2. The summed E-state index contributed by atoms with van der Waals surface area (Å²) in [7, 11) is 0. The molecule has 0 amide bonds. The number of fused-ring (bicyclic) bond motifs is 4. The molecule has 1 aromatic rings. The number of hydrogen-bond donors (Lipinski definition) is 0. The number of hydrogen-bond acceptors (Lipinski definition) is 5. The van der Waals surface area contributed by atoms with Gasteiger partial charge in [0.2, 0.25) is 0 Å². The fourth-order valence-electron chi connectivity index (χ4n) is 4.62. The van der Waals surface area contributed by atoms with Crippen LogP contribution in [0.5, 0.6) is 0 Å². The fraction of sp³-hybridized carbons (Fsp3) is 0.462. The molecule has 0 N–H and O–H groups in total. The minimum Gasteiger partial charge on any atom is -0.455 e. The van der Waals surface area contributed by atoms with Gasteiger partial charge in [-0.05, 0) is 63.2 Å². The van der Waals surface area contributed by atoms with E-state index in [1.54, 1.807) is 6.07 Å². The molecule has 3 aliphatic rings. The third-order valence-electron chi connectivity index (χ3n) is 6.64. The second-order valence-corrected chi connectivity index (χ2v) is 9.05. The Morgan fingerprint density at radius 3 is 2.68 bits per heavy atom. The molecule has 5 heteroatoms. The van der Waals surface area contributed by atoms with Crippen LogP contribution in [0.4, 0.5) is 0 Å². The van der Waals surface area contributed by atoms with Gasteiger partial charge in [0.05, 0.1) is 11.2 Å². The van der Waals surface area contributed by atoms with E-state index in [-0.39, 0.29) is 23.6 Å². The molecule has 0 spiro atoms. The Kier molecular flexibility index (Phi) is 5.89. The summed E-state index contributed by atoms with van der Waals surface area (Å²) >= 11 is 0. The zero-order chi connectivity index (χ0) is 22.2. The molecule has 4 rings (SSSR count). The Morgan fingerprint density at radius 2 is 1.90 bits per heavy atom. The van der Waals surface area contributed by atoms with Crippen molar-refractivity contribution in [1.29, 1.82) is 0 Å². The molecule has 1 aromatic carbocycles. The minimum atomic E-state index is -0.548. The zero-order valence-corrected chi connectivity index (χ0v) is 18.3. The highest BCUT2D eigenvalue weighted by Gasteiger charge is 2.61. The van der Waals surface area contributed by atoms with Crippen LogP contribution in [0.1, 0.15) is 55.5 Å². The Hall–Kier alpha value is -2.66.